The highest BCUT2D eigenvalue weighted by atomic mass is 16.5. The molecule has 1 fully saturated rings. The normalized spacial score (nSPS) is 15.0. The van der Waals surface area contributed by atoms with Gasteiger partial charge in [0.2, 0.25) is 0 Å². The Labute approximate surface area is 104 Å². The Morgan fingerprint density at radius 2 is 2.17 bits per heavy atom. The third-order valence-corrected chi connectivity index (χ3v) is 2.92. The molecule has 1 aliphatic heterocycles. The third kappa shape index (κ3) is 1.97. The van der Waals surface area contributed by atoms with Crippen LogP contribution < -0.4 is 0 Å². The Balaban J connectivity index is 1.83. The summed E-state index contributed by atoms with van der Waals surface area (Å²) in [4.78, 5) is 21.9. The molecule has 2 aromatic rings. The van der Waals surface area contributed by atoms with E-state index in [1.807, 2.05) is 6.07 Å². The van der Waals surface area contributed by atoms with E-state index in [9.17, 15) is 4.79 Å². The van der Waals surface area contributed by atoms with Gasteiger partial charge in [0.25, 0.3) is 17.6 Å². The molecule has 1 amide bonds. The van der Waals surface area contributed by atoms with Crippen LogP contribution in [0.1, 0.15) is 23.5 Å². The summed E-state index contributed by atoms with van der Waals surface area (Å²) in [5.74, 6) is 0.285. The second-order valence-corrected chi connectivity index (χ2v) is 4.16. The monoisotopic (exact) mass is 244 g/mol. The highest BCUT2D eigenvalue weighted by molar-refractivity contribution is 5.90. The largest absolute Gasteiger partial charge is 0.336 e. The van der Waals surface area contributed by atoms with Crippen molar-refractivity contribution < 1.29 is 9.32 Å². The van der Waals surface area contributed by atoms with Crippen molar-refractivity contribution in [2.75, 3.05) is 13.1 Å². The Bertz CT molecular complexity index is 546. The van der Waals surface area contributed by atoms with Crippen molar-refractivity contribution in [3.63, 3.8) is 0 Å². The smallest absolute Gasteiger partial charge is 0.295 e. The van der Waals surface area contributed by atoms with E-state index >= 15 is 0 Å². The summed E-state index contributed by atoms with van der Waals surface area (Å²) >= 11 is 0. The average molecular weight is 244 g/mol. The number of amides is 1. The Hall–Kier alpha value is -2.24. The number of nitrogens with zero attached hydrogens (tertiary/aromatic N) is 4. The van der Waals surface area contributed by atoms with Gasteiger partial charge < -0.3 is 9.42 Å². The molecule has 1 aliphatic rings. The van der Waals surface area contributed by atoms with Crippen molar-refractivity contribution in [3.05, 3.63) is 30.4 Å². The van der Waals surface area contributed by atoms with Gasteiger partial charge in [-0.3, -0.25) is 9.78 Å². The topological polar surface area (TPSA) is 72.1 Å². The molecule has 0 aromatic carbocycles. The second-order valence-electron chi connectivity index (χ2n) is 4.16. The Morgan fingerprint density at radius 3 is 2.89 bits per heavy atom. The summed E-state index contributed by atoms with van der Waals surface area (Å²) in [5, 5.41) is 3.73. The zero-order valence-corrected chi connectivity index (χ0v) is 9.74. The van der Waals surface area contributed by atoms with Crippen molar-refractivity contribution in [1.29, 1.82) is 0 Å². The molecule has 92 valence electrons. The van der Waals surface area contributed by atoms with Gasteiger partial charge in [0, 0.05) is 25.5 Å². The molecule has 3 heterocycles. The van der Waals surface area contributed by atoms with Crippen LogP contribution in [0.15, 0.2) is 29.0 Å². The number of pyridine rings is 1. The predicted octanol–water partition coefficient (Wildman–Crippen LogP) is 1.37. The average Bonchev–Trinajstić information content (AvgIpc) is 3.10. The van der Waals surface area contributed by atoms with E-state index < -0.39 is 0 Å². The first-order valence-corrected chi connectivity index (χ1v) is 5.88. The maximum absolute atomic E-state index is 12.0. The van der Waals surface area contributed by atoms with Gasteiger partial charge in [0.05, 0.1) is 5.56 Å². The molecule has 1 saturated heterocycles. The molecular formula is C12H12N4O2. The fourth-order valence-electron chi connectivity index (χ4n) is 1.98. The van der Waals surface area contributed by atoms with E-state index in [0.29, 0.717) is 11.5 Å². The van der Waals surface area contributed by atoms with Gasteiger partial charge >= 0.3 is 0 Å². The first-order valence-electron chi connectivity index (χ1n) is 5.88. The van der Waals surface area contributed by atoms with E-state index in [4.69, 9.17) is 4.52 Å². The summed E-state index contributed by atoms with van der Waals surface area (Å²) in [6.07, 6.45) is 5.37. The minimum atomic E-state index is -0.161. The van der Waals surface area contributed by atoms with E-state index in [1.165, 1.54) is 0 Å². The molecule has 3 rings (SSSR count). The zero-order valence-electron chi connectivity index (χ0n) is 9.74. The van der Waals surface area contributed by atoms with Crippen molar-refractivity contribution in [2.45, 2.75) is 12.8 Å². The molecule has 2 aromatic heterocycles. The number of rotatable bonds is 2. The van der Waals surface area contributed by atoms with Gasteiger partial charge in [-0.05, 0) is 25.0 Å². The fraction of sp³-hybridized carbons (Fsp3) is 0.333. The van der Waals surface area contributed by atoms with Crippen molar-refractivity contribution in [1.82, 2.24) is 20.0 Å². The Kier molecular flexibility index (Phi) is 2.76. The molecule has 0 unspecified atom stereocenters. The summed E-state index contributed by atoms with van der Waals surface area (Å²) < 4.78 is 5.08. The molecule has 0 spiro atoms. The number of hydrogen-bond acceptors (Lipinski definition) is 5. The lowest BCUT2D eigenvalue weighted by atomic mass is 10.3. The lowest BCUT2D eigenvalue weighted by Gasteiger charge is -2.11. The number of carbonyl (C=O) groups excluding carboxylic acids is 1. The fourth-order valence-corrected chi connectivity index (χ4v) is 1.98. The number of aromatic nitrogens is 3. The molecule has 0 atom stereocenters. The lowest BCUT2D eigenvalue weighted by molar-refractivity contribution is 0.0777. The van der Waals surface area contributed by atoms with Gasteiger partial charge in [-0.25, -0.2) is 0 Å². The predicted molar refractivity (Wildman–Crippen MR) is 62.7 cm³/mol. The number of likely N-dealkylation sites (tertiary alicyclic amines) is 1. The summed E-state index contributed by atoms with van der Waals surface area (Å²) in [6.45, 7) is 1.55. The molecule has 0 radical (unpaired) electrons. The maximum atomic E-state index is 12.0. The molecule has 0 bridgehead atoms. The van der Waals surface area contributed by atoms with Crippen LogP contribution in [0.2, 0.25) is 0 Å². The van der Waals surface area contributed by atoms with Gasteiger partial charge in [0.1, 0.15) is 0 Å². The third-order valence-electron chi connectivity index (χ3n) is 2.92. The van der Waals surface area contributed by atoms with Crippen LogP contribution in [0.4, 0.5) is 0 Å². The molecule has 0 aliphatic carbocycles. The molecule has 18 heavy (non-hydrogen) atoms. The summed E-state index contributed by atoms with van der Waals surface area (Å²) in [7, 11) is 0. The molecular weight excluding hydrogens is 232 g/mol. The van der Waals surface area contributed by atoms with Crippen molar-refractivity contribution >= 4 is 5.91 Å². The van der Waals surface area contributed by atoms with Gasteiger partial charge in [-0.15, -0.1) is 0 Å². The van der Waals surface area contributed by atoms with E-state index in [2.05, 4.69) is 15.1 Å². The minimum Gasteiger partial charge on any atom is -0.336 e. The van der Waals surface area contributed by atoms with Crippen LogP contribution in [0, 0.1) is 0 Å². The maximum Gasteiger partial charge on any atom is 0.295 e. The van der Waals surface area contributed by atoms with Gasteiger partial charge in [-0.2, -0.15) is 4.98 Å². The zero-order chi connectivity index (χ0) is 12.4. The number of hydrogen-bond donors (Lipinski definition) is 0. The molecule has 6 nitrogen and oxygen atoms in total. The highest BCUT2D eigenvalue weighted by Crippen LogP contribution is 2.17. The van der Waals surface area contributed by atoms with Crippen LogP contribution >= 0.6 is 0 Å². The van der Waals surface area contributed by atoms with Crippen LogP contribution in [-0.4, -0.2) is 39.0 Å². The van der Waals surface area contributed by atoms with Crippen LogP contribution in [0.3, 0.4) is 0 Å². The summed E-state index contributed by atoms with van der Waals surface area (Å²) in [5.41, 5.74) is 0.713. The van der Waals surface area contributed by atoms with Crippen LogP contribution in [-0.2, 0) is 0 Å². The second kappa shape index (κ2) is 4.56. The molecule has 0 saturated carbocycles. The van der Waals surface area contributed by atoms with Gasteiger partial charge in [-0.1, -0.05) is 5.16 Å². The van der Waals surface area contributed by atoms with Crippen LogP contribution in [0.5, 0.6) is 0 Å². The van der Waals surface area contributed by atoms with E-state index in [0.717, 1.165) is 25.9 Å². The highest BCUT2D eigenvalue weighted by Gasteiger charge is 2.24. The number of carbonyl (C=O) groups is 1. The SMILES string of the molecule is O=C(c1noc(-c2cccnc2)n1)N1CCCC1. The van der Waals surface area contributed by atoms with E-state index in [1.54, 1.807) is 23.4 Å². The van der Waals surface area contributed by atoms with Crippen molar-refractivity contribution in [3.8, 4) is 11.5 Å². The van der Waals surface area contributed by atoms with E-state index in [-0.39, 0.29) is 11.7 Å². The standard InChI is InChI=1S/C12H12N4O2/c17-12(16-6-1-2-7-16)10-14-11(18-15-10)9-4-3-5-13-8-9/h3-5,8H,1-2,6-7H2. The quantitative estimate of drug-likeness (QED) is 0.797. The molecule has 0 N–H and O–H groups in total. The minimum absolute atomic E-state index is 0.121. The molecule has 6 heteroatoms. The van der Waals surface area contributed by atoms with Gasteiger partial charge in [0.15, 0.2) is 0 Å². The lowest BCUT2D eigenvalue weighted by Crippen LogP contribution is -2.28. The van der Waals surface area contributed by atoms with Crippen molar-refractivity contribution in [2.24, 2.45) is 0 Å². The Morgan fingerprint density at radius 1 is 1.33 bits per heavy atom. The first kappa shape index (κ1) is 10.9. The van der Waals surface area contributed by atoms with Crippen LogP contribution in [0.25, 0.3) is 11.5 Å². The summed E-state index contributed by atoms with van der Waals surface area (Å²) in [6, 6.07) is 3.59. The first-order chi connectivity index (χ1) is 8.84.